The molecule has 0 amide bonds. The summed E-state index contributed by atoms with van der Waals surface area (Å²) < 4.78 is 13.8. The first-order valence-corrected chi connectivity index (χ1v) is 8.98. The van der Waals surface area contributed by atoms with Crippen LogP contribution < -0.4 is 0 Å². The Balaban J connectivity index is 1.77. The van der Waals surface area contributed by atoms with Gasteiger partial charge in [0.1, 0.15) is 5.82 Å². The molecule has 1 aromatic heterocycles. The number of hydrogen-bond acceptors (Lipinski definition) is 2. The highest BCUT2D eigenvalue weighted by Gasteiger charge is 2.18. The first kappa shape index (κ1) is 15.2. The molecule has 112 valence electrons. The minimum absolute atomic E-state index is 0.261. The molecule has 2 aromatic rings. The Kier molecular flexibility index (Phi) is 4.77. The van der Waals surface area contributed by atoms with E-state index in [1.54, 1.807) is 17.4 Å². The Hall–Kier alpha value is -0.710. The second-order valence-corrected chi connectivity index (χ2v) is 7.64. The van der Waals surface area contributed by atoms with Crippen molar-refractivity contribution in [1.29, 1.82) is 0 Å². The van der Waals surface area contributed by atoms with Crippen LogP contribution in [0.2, 0.25) is 0 Å². The van der Waals surface area contributed by atoms with Crippen molar-refractivity contribution in [3.05, 3.63) is 55.4 Å². The summed E-state index contributed by atoms with van der Waals surface area (Å²) in [5, 5.41) is 10.5. The van der Waals surface area contributed by atoms with Crippen molar-refractivity contribution >= 4 is 27.3 Å². The highest BCUT2D eigenvalue weighted by Crippen LogP contribution is 2.34. The summed E-state index contributed by atoms with van der Waals surface area (Å²) in [6, 6.07) is 6.80. The normalized spacial score (nSPS) is 16.3. The number of thiophene rings is 1. The summed E-state index contributed by atoms with van der Waals surface area (Å²) in [7, 11) is 0. The van der Waals surface area contributed by atoms with Crippen LogP contribution in [0.25, 0.3) is 0 Å². The molecule has 0 saturated carbocycles. The number of rotatable bonds is 3. The predicted octanol–water partition coefficient (Wildman–Crippen LogP) is 5.19. The smallest absolute Gasteiger partial charge is 0.124 e. The van der Waals surface area contributed by atoms with Gasteiger partial charge in [-0.15, -0.1) is 11.3 Å². The van der Waals surface area contributed by atoms with Crippen LogP contribution in [0.1, 0.15) is 46.2 Å². The molecule has 0 spiro atoms. The fourth-order valence-corrected chi connectivity index (χ4v) is 4.61. The van der Waals surface area contributed by atoms with Crippen molar-refractivity contribution in [3.8, 4) is 0 Å². The zero-order chi connectivity index (χ0) is 14.8. The average Bonchev–Trinajstić information content (AvgIpc) is 2.73. The fraction of sp³-hybridized carbons (Fsp3) is 0.412. The maximum atomic E-state index is 13.1. The van der Waals surface area contributed by atoms with Crippen LogP contribution in [0.4, 0.5) is 4.39 Å². The molecule has 1 unspecified atom stereocenters. The van der Waals surface area contributed by atoms with E-state index in [4.69, 9.17) is 0 Å². The summed E-state index contributed by atoms with van der Waals surface area (Å²) in [6.07, 6.45) is 6.10. The lowest BCUT2D eigenvalue weighted by Gasteiger charge is -2.10. The average molecular weight is 369 g/mol. The van der Waals surface area contributed by atoms with Crippen LogP contribution in [-0.2, 0) is 19.3 Å². The molecule has 0 fully saturated rings. The summed E-state index contributed by atoms with van der Waals surface area (Å²) in [4.78, 5) is 2.48. The van der Waals surface area contributed by atoms with Crippen LogP contribution in [0.5, 0.6) is 0 Å². The van der Waals surface area contributed by atoms with Crippen molar-refractivity contribution < 1.29 is 9.50 Å². The summed E-state index contributed by atoms with van der Waals surface area (Å²) >= 11 is 5.11. The minimum atomic E-state index is -0.510. The molecule has 0 bridgehead atoms. The standard InChI is InChI=1S/C17H18BrFOS/c18-14-10-13(19)7-6-11(14)8-15(20)17-9-12-4-2-1-3-5-16(12)21-17/h6-7,9-10,15,20H,1-5,8H2. The van der Waals surface area contributed by atoms with E-state index < -0.39 is 6.10 Å². The third kappa shape index (κ3) is 3.55. The number of halogens is 2. The van der Waals surface area contributed by atoms with Gasteiger partial charge in [-0.25, -0.2) is 4.39 Å². The number of aliphatic hydroxyl groups is 1. The molecule has 3 rings (SSSR count). The van der Waals surface area contributed by atoms with Crippen LogP contribution in [0.3, 0.4) is 0 Å². The zero-order valence-corrected chi connectivity index (χ0v) is 14.1. The maximum absolute atomic E-state index is 13.1. The van der Waals surface area contributed by atoms with E-state index in [9.17, 15) is 9.50 Å². The first-order valence-electron chi connectivity index (χ1n) is 7.37. The fourth-order valence-electron chi connectivity index (χ4n) is 2.85. The van der Waals surface area contributed by atoms with Gasteiger partial charge in [-0.05, 0) is 55.0 Å². The minimum Gasteiger partial charge on any atom is -0.387 e. The Morgan fingerprint density at radius 3 is 2.81 bits per heavy atom. The van der Waals surface area contributed by atoms with Gasteiger partial charge in [0.25, 0.3) is 0 Å². The third-order valence-electron chi connectivity index (χ3n) is 4.02. The molecule has 21 heavy (non-hydrogen) atoms. The Morgan fingerprint density at radius 2 is 2.00 bits per heavy atom. The van der Waals surface area contributed by atoms with Gasteiger partial charge in [0, 0.05) is 20.6 Å². The van der Waals surface area contributed by atoms with Crippen LogP contribution >= 0.6 is 27.3 Å². The molecule has 1 atom stereocenters. The predicted molar refractivity (Wildman–Crippen MR) is 88.3 cm³/mol. The monoisotopic (exact) mass is 368 g/mol. The number of fused-ring (bicyclic) bond motifs is 1. The Labute approximate surface area is 137 Å². The highest BCUT2D eigenvalue weighted by atomic mass is 79.9. The number of benzene rings is 1. The van der Waals surface area contributed by atoms with Gasteiger partial charge < -0.3 is 5.11 Å². The van der Waals surface area contributed by atoms with Gasteiger partial charge in [-0.2, -0.15) is 0 Å². The lowest BCUT2D eigenvalue weighted by Crippen LogP contribution is -2.00. The van der Waals surface area contributed by atoms with E-state index >= 15 is 0 Å². The molecular formula is C17H18BrFOS. The molecule has 0 saturated heterocycles. The van der Waals surface area contributed by atoms with Gasteiger partial charge in [0.15, 0.2) is 0 Å². The molecule has 1 aliphatic rings. The SMILES string of the molecule is OC(Cc1ccc(F)cc1Br)c1cc2c(s1)CCCCC2. The van der Waals surface area contributed by atoms with Gasteiger partial charge in [0.2, 0.25) is 0 Å². The van der Waals surface area contributed by atoms with E-state index in [-0.39, 0.29) is 5.82 Å². The van der Waals surface area contributed by atoms with Crippen LogP contribution in [0.15, 0.2) is 28.7 Å². The van der Waals surface area contributed by atoms with Gasteiger partial charge in [0.05, 0.1) is 6.10 Å². The van der Waals surface area contributed by atoms with Crippen LogP contribution in [-0.4, -0.2) is 5.11 Å². The summed E-state index contributed by atoms with van der Waals surface area (Å²) in [5.74, 6) is -0.261. The van der Waals surface area contributed by atoms with Gasteiger partial charge >= 0.3 is 0 Å². The molecule has 4 heteroatoms. The quantitative estimate of drug-likeness (QED) is 0.738. The van der Waals surface area contributed by atoms with Crippen molar-refractivity contribution in [2.24, 2.45) is 0 Å². The third-order valence-corrected chi connectivity index (χ3v) is 6.10. The summed E-state index contributed by atoms with van der Waals surface area (Å²) in [5.41, 5.74) is 2.36. The lowest BCUT2D eigenvalue weighted by molar-refractivity contribution is 0.182. The molecule has 0 aliphatic heterocycles. The van der Waals surface area contributed by atoms with Crippen molar-refractivity contribution in [2.45, 2.75) is 44.6 Å². The largest absolute Gasteiger partial charge is 0.387 e. The van der Waals surface area contributed by atoms with E-state index in [0.29, 0.717) is 6.42 Å². The topological polar surface area (TPSA) is 20.2 Å². The second kappa shape index (κ2) is 6.59. The Bertz CT molecular complexity index is 614. The van der Waals surface area contributed by atoms with Crippen molar-refractivity contribution in [3.63, 3.8) is 0 Å². The molecule has 1 aliphatic carbocycles. The molecule has 1 nitrogen and oxygen atoms in total. The van der Waals surface area contributed by atoms with E-state index in [2.05, 4.69) is 22.0 Å². The van der Waals surface area contributed by atoms with E-state index in [1.165, 1.54) is 41.8 Å². The van der Waals surface area contributed by atoms with Crippen molar-refractivity contribution in [1.82, 2.24) is 0 Å². The van der Waals surface area contributed by atoms with E-state index in [0.717, 1.165) is 27.8 Å². The first-order chi connectivity index (χ1) is 10.1. The number of hydrogen-bond donors (Lipinski definition) is 1. The lowest BCUT2D eigenvalue weighted by atomic mass is 10.1. The van der Waals surface area contributed by atoms with Crippen LogP contribution in [0, 0.1) is 5.82 Å². The molecule has 1 heterocycles. The maximum Gasteiger partial charge on any atom is 0.124 e. The molecule has 1 N–H and O–H groups in total. The Morgan fingerprint density at radius 1 is 1.19 bits per heavy atom. The molecular weight excluding hydrogens is 351 g/mol. The number of aliphatic hydroxyl groups excluding tert-OH is 1. The summed E-state index contributed by atoms with van der Waals surface area (Å²) in [6.45, 7) is 0. The number of aryl methyl sites for hydroxylation is 2. The zero-order valence-electron chi connectivity index (χ0n) is 11.7. The van der Waals surface area contributed by atoms with E-state index in [1.807, 2.05) is 0 Å². The molecule has 1 aromatic carbocycles. The van der Waals surface area contributed by atoms with Gasteiger partial charge in [-0.3, -0.25) is 0 Å². The molecule has 0 radical (unpaired) electrons. The van der Waals surface area contributed by atoms with Crippen molar-refractivity contribution in [2.75, 3.05) is 0 Å². The highest BCUT2D eigenvalue weighted by molar-refractivity contribution is 9.10. The second-order valence-electron chi connectivity index (χ2n) is 5.61. The van der Waals surface area contributed by atoms with Gasteiger partial charge in [-0.1, -0.05) is 28.4 Å².